The molecule has 2 atom stereocenters. The number of para-hydroxylation sites is 2. The van der Waals surface area contributed by atoms with Crippen molar-refractivity contribution in [1.82, 2.24) is 4.90 Å². The summed E-state index contributed by atoms with van der Waals surface area (Å²) in [6.45, 7) is 7.18. The van der Waals surface area contributed by atoms with Gasteiger partial charge in [-0.25, -0.2) is 0 Å². The zero-order valence-corrected chi connectivity index (χ0v) is 11.0. The van der Waals surface area contributed by atoms with Crippen molar-refractivity contribution in [2.75, 3.05) is 13.7 Å². The second-order valence-electron chi connectivity index (χ2n) is 4.91. The van der Waals surface area contributed by atoms with Gasteiger partial charge in [0.15, 0.2) is 11.5 Å². The van der Waals surface area contributed by atoms with E-state index in [2.05, 4.69) is 32.7 Å². The molecule has 1 aromatic rings. The lowest BCUT2D eigenvalue weighted by Gasteiger charge is -2.36. The number of nitrogens with zero attached hydrogens (tertiary/aromatic N) is 1. The topological polar surface area (TPSA) is 21.7 Å². The van der Waals surface area contributed by atoms with E-state index in [1.807, 2.05) is 24.3 Å². The van der Waals surface area contributed by atoms with Gasteiger partial charge in [0.2, 0.25) is 0 Å². The first kappa shape index (κ1) is 14.8. The minimum absolute atomic E-state index is 0. The molecule has 1 aromatic carbocycles. The molecule has 1 aliphatic heterocycles. The molecule has 0 saturated heterocycles. The van der Waals surface area contributed by atoms with Crippen molar-refractivity contribution in [3.05, 3.63) is 24.3 Å². The molecule has 0 aliphatic carbocycles. The third-order valence-corrected chi connectivity index (χ3v) is 3.53. The van der Waals surface area contributed by atoms with Crippen LogP contribution < -0.4 is 9.47 Å². The molecule has 102 valence electrons. The molecule has 0 amide bonds. The fourth-order valence-corrected chi connectivity index (χ4v) is 2.01. The van der Waals surface area contributed by atoms with Crippen LogP contribution in [0.4, 0.5) is 0 Å². The SMILES string of the molecule is C.CC(C)N(C)C(C)C1COc2ccccc2O1. The monoisotopic (exact) mass is 251 g/mol. The van der Waals surface area contributed by atoms with Crippen molar-refractivity contribution in [1.29, 1.82) is 0 Å². The van der Waals surface area contributed by atoms with E-state index in [4.69, 9.17) is 9.47 Å². The molecule has 0 spiro atoms. The van der Waals surface area contributed by atoms with Crippen molar-refractivity contribution in [2.24, 2.45) is 0 Å². The first-order chi connectivity index (χ1) is 8.09. The maximum atomic E-state index is 6.00. The third kappa shape index (κ3) is 2.96. The number of rotatable bonds is 3. The van der Waals surface area contributed by atoms with Gasteiger partial charge in [0.1, 0.15) is 12.7 Å². The highest BCUT2D eigenvalue weighted by Crippen LogP contribution is 2.32. The average Bonchev–Trinajstić information content (AvgIpc) is 2.36. The molecule has 0 saturated carbocycles. The second-order valence-corrected chi connectivity index (χ2v) is 4.91. The van der Waals surface area contributed by atoms with Gasteiger partial charge in [-0.15, -0.1) is 0 Å². The molecule has 2 unspecified atom stereocenters. The summed E-state index contributed by atoms with van der Waals surface area (Å²) < 4.78 is 11.7. The Morgan fingerprint density at radius 1 is 1.17 bits per heavy atom. The lowest BCUT2D eigenvalue weighted by molar-refractivity contribution is 0.0201. The summed E-state index contributed by atoms with van der Waals surface area (Å²) in [7, 11) is 2.12. The summed E-state index contributed by atoms with van der Waals surface area (Å²) in [6.07, 6.45) is 0.0947. The molecule has 18 heavy (non-hydrogen) atoms. The minimum Gasteiger partial charge on any atom is -0.486 e. The summed E-state index contributed by atoms with van der Waals surface area (Å²) in [5.74, 6) is 1.70. The lowest BCUT2D eigenvalue weighted by Crippen LogP contribution is -2.49. The van der Waals surface area contributed by atoms with E-state index in [1.165, 1.54) is 0 Å². The normalized spacial score (nSPS) is 19.6. The lowest BCUT2D eigenvalue weighted by atomic mass is 10.1. The van der Waals surface area contributed by atoms with Crippen molar-refractivity contribution < 1.29 is 9.47 Å². The quantitative estimate of drug-likeness (QED) is 0.823. The molecule has 0 radical (unpaired) electrons. The molecule has 0 aromatic heterocycles. The van der Waals surface area contributed by atoms with Gasteiger partial charge >= 0.3 is 0 Å². The van der Waals surface area contributed by atoms with E-state index in [0.29, 0.717) is 18.7 Å². The number of benzene rings is 1. The van der Waals surface area contributed by atoms with Crippen LogP contribution in [0.1, 0.15) is 28.2 Å². The van der Waals surface area contributed by atoms with E-state index < -0.39 is 0 Å². The van der Waals surface area contributed by atoms with Crippen LogP contribution in [0.3, 0.4) is 0 Å². The molecule has 1 aliphatic rings. The van der Waals surface area contributed by atoms with Crippen LogP contribution in [0.2, 0.25) is 0 Å². The van der Waals surface area contributed by atoms with Crippen LogP contribution in [0.5, 0.6) is 11.5 Å². The van der Waals surface area contributed by atoms with Crippen LogP contribution in [-0.2, 0) is 0 Å². The molecular weight excluding hydrogens is 226 g/mol. The number of likely N-dealkylation sites (N-methyl/N-ethyl adjacent to an activating group) is 1. The first-order valence-electron chi connectivity index (χ1n) is 6.20. The van der Waals surface area contributed by atoms with Crippen LogP contribution in [-0.4, -0.2) is 36.7 Å². The summed E-state index contributed by atoms with van der Waals surface area (Å²) in [5.41, 5.74) is 0. The van der Waals surface area contributed by atoms with Crippen LogP contribution in [0.25, 0.3) is 0 Å². The second kappa shape index (κ2) is 6.10. The van der Waals surface area contributed by atoms with Crippen LogP contribution in [0, 0.1) is 0 Å². The highest BCUT2D eigenvalue weighted by Gasteiger charge is 2.29. The van der Waals surface area contributed by atoms with Crippen molar-refractivity contribution in [3.8, 4) is 11.5 Å². The predicted octanol–water partition coefficient (Wildman–Crippen LogP) is 3.19. The summed E-state index contributed by atoms with van der Waals surface area (Å²) in [5, 5.41) is 0. The highest BCUT2D eigenvalue weighted by atomic mass is 16.6. The Balaban J connectivity index is 0.00000162. The smallest absolute Gasteiger partial charge is 0.161 e. The van der Waals surface area contributed by atoms with E-state index >= 15 is 0 Å². The van der Waals surface area contributed by atoms with Gasteiger partial charge in [-0.3, -0.25) is 4.90 Å². The van der Waals surface area contributed by atoms with E-state index in [1.54, 1.807) is 0 Å². The summed E-state index contributed by atoms with van der Waals surface area (Å²) in [4.78, 5) is 2.31. The van der Waals surface area contributed by atoms with E-state index in [9.17, 15) is 0 Å². The van der Waals surface area contributed by atoms with E-state index in [-0.39, 0.29) is 13.5 Å². The van der Waals surface area contributed by atoms with Crippen LogP contribution >= 0.6 is 0 Å². The molecular formula is C15H25NO2. The summed E-state index contributed by atoms with van der Waals surface area (Å²) in [6, 6.07) is 8.69. The maximum absolute atomic E-state index is 6.00. The number of ether oxygens (including phenoxy) is 2. The Morgan fingerprint density at radius 3 is 2.39 bits per heavy atom. The Bertz CT molecular complexity index is 379. The van der Waals surface area contributed by atoms with Gasteiger partial charge in [0, 0.05) is 12.1 Å². The van der Waals surface area contributed by atoms with Gasteiger partial charge in [0.05, 0.1) is 0 Å². The first-order valence-corrected chi connectivity index (χ1v) is 6.20. The Kier molecular flexibility index (Phi) is 5.03. The fraction of sp³-hybridized carbons (Fsp3) is 0.600. The molecule has 0 N–H and O–H groups in total. The average molecular weight is 251 g/mol. The molecule has 1 heterocycles. The molecule has 0 fully saturated rings. The predicted molar refractivity (Wildman–Crippen MR) is 75.4 cm³/mol. The van der Waals surface area contributed by atoms with Gasteiger partial charge in [-0.1, -0.05) is 19.6 Å². The largest absolute Gasteiger partial charge is 0.486 e. The number of hydrogen-bond acceptors (Lipinski definition) is 3. The maximum Gasteiger partial charge on any atom is 0.161 e. The van der Waals surface area contributed by atoms with Crippen molar-refractivity contribution >= 4 is 0 Å². The van der Waals surface area contributed by atoms with Gasteiger partial charge in [-0.05, 0) is 40.0 Å². The van der Waals surface area contributed by atoms with Crippen molar-refractivity contribution in [3.63, 3.8) is 0 Å². The molecule has 3 heteroatoms. The van der Waals surface area contributed by atoms with Gasteiger partial charge < -0.3 is 9.47 Å². The minimum atomic E-state index is 0. The zero-order valence-electron chi connectivity index (χ0n) is 11.0. The van der Waals surface area contributed by atoms with Gasteiger partial charge in [0.25, 0.3) is 0 Å². The van der Waals surface area contributed by atoms with E-state index in [0.717, 1.165) is 11.5 Å². The molecule has 3 nitrogen and oxygen atoms in total. The highest BCUT2D eigenvalue weighted by molar-refractivity contribution is 5.40. The summed E-state index contributed by atoms with van der Waals surface area (Å²) >= 11 is 0. The number of fused-ring (bicyclic) bond motifs is 1. The standard InChI is InChI=1S/C14H21NO2.CH4/c1-10(2)15(4)11(3)14-9-16-12-7-5-6-8-13(12)17-14;/h5-8,10-11,14H,9H2,1-4H3;1H4. The Labute approximate surface area is 111 Å². The van der Waals surface area contributed by atoms with Crippen molar-refractivity contribution in [2.45, 2.75) is 46.4 Å². The molecule has 2 rings (SSSR count). The van der Waals surface area contributed by atoms with Crippen LogP contribution in [0.15, 0.2) is 24.3 Å². The zero-order chi connectivity index (χ0) is 12.4. The Hall–Kier alpha value is -1.22. The molecule has 0 bridgehead atoms. The third-order valence-electron chi connectivity index (χ3n) is 3.53. The fourth-order valence-electron chi connectivity index (χ4n) is 2.01. The van der Waals surface area contributed by atoms with Gasteiger partial charge in [-0.2, -0.15) is 0 Å². The Morgan fingerprint density at radius 2 is 1.78 bits per heavy atom. The number of hydrogen-bond donors (Lipinski definition) is 0.